The fourth-order valence-corrected chi connectivity index (χ4v) is 2.03. The van der Waals surface area contributed by atoms with Gasteiger partial charge >= 0.3 is 5.97 Å². The summed E-state index contributed by atoms with van der Waals surface area (Å²) in [5.74, 6) is 1.68. The van der Waals surface area contributed by atoms with Crippen molar-refractivity contribution in [3.8, 4) is 0 Å². The molecule has 1 heterocycles. The van der Waals surface area contributed by atoms with Crippen LogP contribution in [0.25, 0.3) is 6.08 Å². The van der Waals surface area contributed by atoms with E-state index in [0.29, 0.717) is 17.6 Å². The predicted molar refractivity (Wildman–Crippen MR) is 74.2 cm³/mol. The lowest BCUT2D eigenvalue weighted by Gasteiger charge is -2.12. The van der Waals surface area contributed by atoms with Crippen LogP contribution in [0.5, 0.6) is 0 Å². The highest BCUT2D eigenvalue weighted by atomic mass is 16.4. The molecule has 2 unspecified atom stereocenters. The number of nitrogens with zero attached hydrogens (tertiary/aromatic N) is 1. The first-order valence-electron chi connectivity index (χ1n) is 6.72. The van der Waals surface area contributed by atoms with Crippen LogP contribution in [0.3, 0.4) is 0 Å². The van der Waals surface area contributed by atoms with Crippen molar-refractivity contribution < 1.29 is 19.1 Å². The van der Waals surface area contributed by atoms with Gasteiger partial charge in [0.1, 0.15) is 11.5 Å². The van der Waals surface area contributed by atoms with Crippen molar-refractivity contribution >= 4 is 18.0 Å². The number of likely N-dealkylation sites (N-methyl/N-ethyl adjacent to an activating group) is 1. The molecule has 0 bridgehead atoms. The first-order chi connectivity index (χ1) is 9.47. The molecule has 1 amide bonds. The van der Waals surface area contributed by atoms with Crippen molar-refractivity contribution in [1.82, 2.24) is 4.90 Å². The van der Waals surface area contributed by atoms with Crippen LogP contribution in [0.15, 0.2) is 22.6 Å². The number of furan rings is 1. The molecule has 1 N–H and O–H groups in total. The van der Waals surface area contributed by atoms with Gasteiger partial charge in [0.15, 0.2) is 0 Å². The Balaban J connectivity index is 1.86. The Labute approximate surface area is 117 Å². The molecule has 108 valence electrons. The molecule has 2 rings (SSSR count). The summed E-state index contributed by atoms with van der Waals surface area (Å²) in [4.78, 5) is 23.5. The summed E-state index contributed by atoms with van der Waals surface area (Å²) in [6, 6.07) is 3.80. The van der Waals surface area contributed by atoms with Crippen molar-refractivity contribution in [1.29, 1.82) is 0 Å². The fourth-order valence-electron chi connectivity index (χ4n) is 2.03. The fraction of sp³-hybridized carbons (Fsp3) is 0.467. The highest BCUT2D eigenvalue weighted by Crippen LogP contribution is 2.47. The van der Waals surface area contributed by atoms with E-state index < -0.39 is 5.97 Å². The number of carbonyl (C=O) groups excluding carboxylic acids is 1. The molecular formula is C15H19NO4. The van der Waals surface area contributed by atoms with Crippen LogP contribution in [0.2, 0.25) is 0 Å². The molecule has 0 spiro atoms. The topological polar surface area (TPSA) is 70.8 Å². The summed E-state index contributed by atoms with van der Waals surface area (Å²) in [5.41, 5.74) is 0. The summed E-state index contributed by atoms with van der Waals surface area (Å²) in [7, 11) is 1.58. The van der Waals surface area contributed by atoms with E-state index in [1.165, 1.54) is 11.0 Å². The first kappa shape index (κ1) is 14.4. The normalized spacial score (nSPS) is 21.1. The SMILES string of the molecule is CC1CC1c1ccc(C=CC(=O)N(C)CCC(=O)O)o1. The van der Waals surface area contributed by atoms with Gasteiger partial charge in [-0.05, 0) is 30.5 Å². The number of carbonyl (C=O) groups is 2. The van der Waals surface area contributed by atoms with Gasteiger partial charge in [0.2, 0.25) is 5.91 Å². The maximum atomic E-state index is 11.7. The molecule has 1 saturated carbocycles. The van der Waals surface area contributed by atoms with Crippen molar-refractivity contribution in [2.45, 2.75) is 25.7 Å². The van der Waals surface area contributed by atoms with Gasteiger partial charge in [-0.1, -0.05) is 6.92 Å². The van der Waals surface area contributed by atoms with Gasteiger partial charge in [0.25, 0.3) is 0 Å². The second-order valence-corrected chi connectivity index (χ2v) is 5.30. The monoisotopic (exact) mass is 277 g/mol. The van der Waals surface area contributed by atoms with E-state index in [4.69, 9.17) is 9.52 Å². The molecule has 2 atom stereocenters. The van der Waals surface area contributed by atoms with Gasteiger partial charge in [-0.3, -0.25) is 9.59 Å². The lowest BCUT2D eigenvalue weighted by Crippen LogP contribution is -2.27. The number of carboxylic acids is 1. The number of amides is 1. The zero-order valence-electron chi connectivity index (χ0n) is 11.7. The minimum absolute atomic E-state index is 0.0550. The molecule has 1 aliphatic carbocycles. The Kier molecular flexibility index (Phi) is 4.27. The lowest BCUT2D eigenvalue weighted by molar-refractivity contribution is -0.137. The molecule has 1 fully saturated rings. The van der Waals surface area contributed by atoms with Gasteiger partial charge in [-0.15, -0.1) is 0 Å². The van der Waals surface area contributed by atoms with Gasteiger partial charge in [0, 0.05) is 25.6 Å². The molecule has 1 aliphatic rings. The number of aliphatic carboxylic acids is 1. The molecule has 20 heavy (non-hydrogen) atoms. The van der Waals surface area contributed by atoms with Crippen LogP contribution in [0, 0.1) is 5.92 Å². The van der Waals surface area contributed by atoms with Crippen molar-refractivity contribution in [2.24, 2.45) is 5.92 Å². The molecule has 5 nitrogen and oxygen atoms in total. The largest absolute Gasteiger partial charge is 0.481 e. The quantitative estimate of drug-likeness (QED) is 0.810. The maximum Gasteiger partial charge on any atom is 0.305 e. The highest BCUT2D eigenvalue weighted by Gasteiger charge is 2.36. The van der Waals surface area contributed by atoms with Crippen LogP contribution in [-0.2, 0) is 9.59 Å². The Bertz CT molecular complexity index is 532. The zero-order chi connectivity index (χ0) is 14.7. The van der Waals surface area contributed by atoms with E-state index in [-0.39, 0.29) is 18.9 Å². The second-order valence-electron chi connectivity index (χ2n) is 5.30. The maximum absolute atomic E-state index is 11.7. The Hall–Kier alpha value is -2.04. The Morgan fingerprint density at radius 1 is 1.50 bits per heavy atom. The highest BCUT2D eigenvalue weighted by molar-refractivity contribution is 5.91. The molecule has 1 aromatic rings. The van der Waals surface area contributed by atoms with Gasteiger partial charge < -0.3 is 14.4 Å². The summed E-state index contributed by atoms with van der Waals surface area (Å²) in [6.45, 7) is 2.38. The van der Waals surface area contributed by atoms with Crippen molar-refractivity contribution in [3.05, 3.63) is 29.7 Å². The number of rotatable bonds is 6. The summed E-state index contributed by atoms with van der Waals surface area (Å²) in [5, 5.41) is 8.56. The average Bonchev–Trinajstić information content (AvgIpc) is 2.95. The molecule has 0 radical (unpaired) electrons. The summed E-state index contributed by atoms with van der Waals surface area (Å²) in [6.07, 6.45) is 4.13. The Morgan fingerprint density at radius 3 is 2.80 bits per heavy atom. The van der Waals surface area contributed by atoms with Crippen LogP contribution in [-0.4, -0.2) is 35.5 Å². The lowest BCUT2D eigenvalue weighted by atomic mass is 10.3. The van der Waals surface area contributed by atoms with Crippen LogP contribution < -0.4 is 0 Å². The van der Waals surface area contributed by atoms with E-state index >= 15 is 0 Å². The van der Waals surface area contributed by atoms with Crippen LogP contribution in [0.4, 0.5) is 0 Å². The summed E-state index contributed by atoms with van der Waals surface area (Å²) < 4.78 is 5.65. The van der Waals surface area contributed by atoms with E-state index in [1.807, 2.05) is 12.1 Å². The van der Waals surface area contributed by atoms with E-state index in [9.17, 15) is 9.59 Å². The van der Waals surface area contributed by atoms with Gasteiger partial charge in [-0.2, -0.15) is 0 Å². The van der Waals surface area contributed by atoms with Crippen molar-refractivity contribution in [3.63, 3.8) is 0 Å². The van der Waals surface area contributed by atoms with Gasteiger partial charge in [-0.25, -0.2) is 0 Å². The molecular weight excluding hydrogens is 258 g/mol. The minimum Gasteiger partial charge on any atom is -0.481 e. The molecule has 5 heteroatoms. The first-order valence-corrected chi connectivity index (χ1v) is 6.72. The van der Waals surface area contributed by atoms with E-state index in [0.717, 1.165) is 12.2 Å². The van der Waals surface area contributed by atoms with E-state index in [1.54, 1.807) is 13.1 Å². The van der Waals surface area contributed by atoms with Crippen molar-refractivity contribution in [2.75, 3.05) is 13.6 Å². The predicted octanol–water partition coefficient (Wildman–Crippen LogP) is 2.35. The Morgan fingerprint density at radius 2 is 2.20 bits per heavy atom. The second kappa shape index (κ2) is 5.94. The molecule has 0 aliphatic heterocycles. The third-order valence-corrected chi connectivity index (χ3v) is 3.55. The standard InChI is InChI=1S/C15H19NO4/c1-10-9-12(10)13-5-3-11(20-13)4-6-14(17)16(2)8-7-15(18)19/h3-6,10,12H,7-9H2,1-2H3,(H,18,19). The molecule has 0 saturated heterocycles. The number of hydrogen-bond donors (Lipinski definition) is 1. The minimum atomic E-state index is -0.914. The molecule has 1 aromatic heterocycles. The number of hydrogen-bond acceptors (Lipinski definition) is 3. The van der Waals surface area contributed by atoms with Gasteiger partial charge in [0.05, 0.1) is 6.42 Å². The third-order valence-electron chi connectivity index (χ3n) is 3.55. The zero-order valence-corrected chi connectivity index (χ0v) is 11.7. The van der Waals surface area contributed by atoms with Crippen LogP contribution >= 0.6 is 0 Å². The average molecular weight is 277 g/mol. The van der Waals surface area contributed by atoms with E-state index in [2.05, 4.69) is 6.92 Å². The van der Waals surface area contributed by atoms with Crippen LogP contribution in [0.1, 0.15) is 37.2 Å². The summed E-state index contributed by atoms with van der Waals surface area (Å²) >= 11 is 0. The number of carboxylic acid groups (broad SMARTS) is 1. The molecule has 0 aromatic carbocycles. The smallest absolute Gasteiger partial charge is 0.305 e. The third kappa shape index (κ3) is 3.73.